The number of rotatable bonds is 4. The Hall–Kier alpha value is -2.65. The lowest BCUT2D eigenvalue weighted by Gasteiger charge is -2.20. The van der Waals surface area contributed by atoms with E-state index < -0.39 is 0 Å². The van der Waals surface area contributed by atoms with Crippen LogP contribution in [-0.2, 0) is 0 Å². The quantitative estimate of drug-likeness (QED) is 0.758. The molecule has 0 aliphatic heterocycles. The molecule has 0 unspecified atom stereocenters. The van der Waals surface area contributed by atoms with Gasteiger partial charge in [-0.2, -0.15) is 0 Å². The van der Waals surface area contributed by atoms with Gasteiger partial charge in [-0.3, -0.25) is 9.78 Å². The van der Waals surface area contributed by atoms with E-state index in [2.05, 4.69) is 10.3 Å². The van der Waals surface area contributed by atoms with E-state index in [-0.39, 0.29) is 11.9 Å². The number of carbonyl (C=O) groups excluding carboxylic acids is 1. The van der Waals surface area contributed by atoms with Gasteiger partial charge in [-0.15, -0.1) is 0 Å². The highest BCUT2D eigenvalue weighted by atomic mass is 35.5. The van der Waals surface area contributed by atoms with Crippen molar-refractivity contribution in [3.8, 4) is 0 Å². The molecule has 0 aliphatic carbocycles. The average molecular weight is 337 g/mol. The second-order valence-electron chi connectivity index (χ2n) is 5.61. The fraction of sp³-hybridized carbons (Fsp3) is 0.100. The molecule has 0 radical (unpaired) electrons. The highest BCUT2D eigenvalue weighted by molar-refractivity contribution is 6.30. The maximum Gasteiger partial charge on any atom is 0.252 e. The molecule has 1 amide bonds. The first-order valence-electron chi connectivity index (χ1n) is 7.66. The van der Waals surface area contributed by atoms with Crippen LogP contribution in [-0.4, -0.2) is 10.9 Å². The predicted molar refractivity (Wildman–Crippen MR) is 96.2 cm³/mol. The second-order valence-corrected chi connectivity index (χ2v) is 6.05. The number of carbonyl (C=O) groups is 1. The molecule has 0 saturated carbocycles. The smallest absolute Gasteiger partial charge is 0.252 e. The van der Waals surface area contributed by atoms with Gasteiger partial charge in [0.15, 0.2) is 0 Å². The second kappa shape index (κ2) is 7.28. The largest absolute Gasteiger partial charge is 0.341 e. The van der Waals surface area contributed by atoms with E-state index in [1.165, 1.54) is 0 Å². The molecule has 1 heterocycles. The molecule has 3 rings (SSSR count). The van der Waals surface area contributed by atoms with Gasteiger partial charge in [-0.1, -0.05) is 47.5 Å². The number of halogens is 1. The molecule has 24 heavy (non-hydrogen) atoms. The summed E-state index contributed by atoms with van der Waals surface area (Å²) in [6.45, 7) is 1.97. The number of amides is 1. The molecule has 1 atom stereocenters. The summed E-state index contributed by atoms with van der Waals surface area (Å²) in [6, 6.07) is 18.5. The first kappa shape index (κ1) is 16.2. The Morgan fingerprint density at radius 1 is 1.04 bits per heavy atom. The van der Waals surface area contributed by atoms with E-state index >= 15 is 0 Å². The molecule has 0 bridgehead atoms. The van der Waals surface area contributed by atoms with E-state index in [1.54, 1.807) is 12.4 Å². The number of pyridine rings is 1. The van der Waals surface area contributed by atoms with E-state index in [0.717, 1.165) is 16.7 Å². The summed E-state index contributed by atoms with van der Waals surface area (Å²) in [5.74, 6) is -0.123. The van der Waals surface area contributed by atoms with Crippen LogP contribution >= 0.6 is 11.6 Å². The van der Waals surface area contributed by atoms with Gasteiger partial charge in [0, 0.05) is 23.0 Å². The summed E-state index contributed by atoms with van der Waals surface area (Å²) in [6.07, 6.45) is 3.47. The lowest BCUT2D eigenvalue weighted by molar-refractivity contribution is 0.0943. The zero-order valence-corrected chi connectivity index (χ0v) is 14.0. The number of nitrogens with zero attached hydrogens (tertiary/aromatic N) is 1. The van der Waals surface area contributed by atoms with Crippen LogP contribution in [0, 0.1) is 6.92 Å². The van der Waals surface area contributed by atoms with Gasteiger partial charge in [0.1, 0.15) is 0 Å². The van der Waals surface area contributed by atoms with Crippen LogP contribution in [0.15, 0.2) is 73.1 Å². The topological polar surface area (TPSA) is 42.0 Å². The van der Waals surface area contributed by atoms with Crippen LogP contribution < -0.4 is 5.32 Å². The van der Waals surface area contributed by atoms with Crippen molar-refractivity contribution in [2.45, 2.75) is 13.0 Å². The van der Waals surface area contributed by atoms with E-state index in [1.807, 2.05) is 67.6 Å². The standard InChI is InChI=1S/C20H17ClN2O/c1-14-4-2-5-16(12-14)20(24)23-19(17-6-3-11-22-13-17)15-7-9-18(21)10-8-15/h2-13,19H,1H3,(H,23,24)/t19-/m1/s1. The van der Waals surface area contributed by atoms with Crippen LogP contribution in [0.1, 0.15) is 33.1 Å². The average Bonchev–Trinajstić information content (AvgIpc) is 2.61. The summed E-state index contributed by atoms with van der Waals surface area (Å²) in [5, 5.41) is 3.75. The number of hydrogen-bond acceptors (Lipinski definition) is 2. The Morgan fingerprint density at radius 3 is 2.50 bits per heavy atom. The van der Waals surface area contributed by atoms with Crippen molar-refractivity contribution in [3.05, 3.63) is 100 Å². The van der Waals surface area contributed by atoms with Gasteiger partial charge >= 0.3 is 0 Å². The number of hydrogen-bond donors (Lipinski definition) is 1. The molecule has 0 spiro atoms. The number of nitrogens with one attached hydrogen (secondary N) is 1. The fourth-order valence-electron chi connectivity index (χ4n) is 2.56. The molecule has 4 heteroatoms. The number of benzene rings is 2. The minimum Gasteiger partial charge on any atom is -0.341 e. The summed E-state index contributed by atoms with van der Waals surface area (Å²) in [5.41, 5.74) is 3.55. The Bertz CT molecular complexity index is 832. The first-order chi connectivity index (χ1) is 11.6. The van der Waals surface area contributed by atoms with E-state index in [4.69, 9.17) is 11.6 Å². The van der Waals surface area contributed by atoms with Crippen LogP contribution in [0.4, 0.5) is 0 Å². The molecule has 120 valence electrons. The Morgan fingerprint density at radius 2 is 1.83 bits per heavy atom. The minimum atomic E-state index is -0.288. The van der Waals surface area contributed by atoms with Gasteiger partial charge in [0.05, 0.1) is 6.04 Å². The zero-order valence-electron chi connectivity index (χ0n) is 13.2. The summed E-state index contributed by atoms with van der Waals surface area (Å²) >= 11 is 5.98. The normalized spacial score (nSPS) is 11.8. The monoisotopic (exact) mass is 336 g/mol. The van der Waals surface area contributed by atoms with Gasteiger partial charge in [-0.25, -0.2) is 0 Å². The van der Waals surface area contributed by atoms with E-state index in [0.29, 0.717) is 10.6 Å². The number of aromatic nitrogens is 1. The van der Waals surface area contributed by atoms with Crippen molar-refractivity contribution in [1.82, 2.24) is 10.3 Å². The maximum absolute atomic E-state index is 12.7. The van der Waals surface area contributed by atoms with Gasteiger partial charge < -0.3 is 5.32 Å². The third-order valence-electron chi connectivity index (χ3n) is 3.78. The lowest BCUT2D eigenvalue weighted by atomic mass is 9.99. The fourth-order valence-corrected chi connectivity index (χ4v) is 2.69. The Kier molecular flexibility index (Phi) is 4.92. The van der Waals surface area contributed by atoms with Crippen molar-refractivity contribution >= 4 is 17.5 Å². The van der Waals surface area contributed by atoms with Crippen molar-refractivity contribution in [1.29, 1.82) is 0 Å². The molecule has 0 fully saturated rings. The zero-order chi connectivity index (χ0) is 16.9. The maximum atomic E-state index is 12.7. The van der Waals surface area contributed by atoms with Crippen LogP contribution in [0.2, 0.25) is 5.02 Å². The van der Waals surface area contributed by atoms with E-state index in [9.17, 15) is 4.79 Å². The highest BCUT2D eigenvalue weighted by Gasteiger charge is 2.18. The minimum absolute atomic E-state index is 0.123. The predicted octanol–water partition coefficient (Wildman–Crippen LogP) is 4.56. The van der Waals surface area contributed by atoms with Gasteiger partial charge in [0.2, 0.25) is 0 Å². The van der Waals surface area contributed by atoms with Gasteiger partial charge in [0.25, 0.3) is 5.91 Å². The summed E-state index contributed by atoms with van der Waals surface area (Å²) in [4.78, 5) is 16.8. The Balaban J connectivity index is 1.93. The van der Waals surface area contributed by atoms with Crippen molar-refractivity contribution in [2.24, 2.45) is 0 Å². The third kappa shape index (κ3) is 3.81. The number of aryl methyl sites for hydroxylation is 1. The van der Waals surface area contributed by atoms with Crippen molar-refractivity contribution in [3.63, 3.8) is 0 Å². The summed E-state index contributed by atoms with van der Waals surface area (Å²) < 4.78 is 0. The van der Waals surface area contributed by atoms with Gasteiger partial charge in [-0.05, 0) is 48.4 Å². The van der Waals surface area contributed by atoms with Crippen LogP contribution in [0.3, 0.4) is 0 Å². The SMILES string of the molecule is Cc1cccc(C(=O)N[C@H](c2ccc(Cl)cc2)c2cccnc2)c1. The molecular formula is C20H17ClN2O. The van der Waals surface area contributed by atoms with Crippen LogP contribution in [0.25, 0.3) is 0 Å². The molecule has 0 saturated heterocycles. The Labute approximate surface area is 146 Å². The van der Waals surface area contributed by atoms with Crippen molar-refractivity contribution in [2.75, 3.05) is 0 Å². The molecule has 2 aromatic carbocycles. The first-order valence-corrected chi connectivity index (χ1v) is 8.04. The van der Waals surface area contributed by atoms with Crippen molar-refractivity contribution < 1.29 is 4.79 Å². The highest BCUT2D eigenvalue weighted by Crippen LogP contribution is 2.23. The molecule has 3 nitrogen and oxygen atoms in total. The molecule has 1 aromatic heterocycles. The summed E-state index contributed by atoms with van der Waals surface area (Å²) in [7, 11) is 0. The molecule has 3 aromatic rings. The molecule has 1 N–H and O–H groups in total. The molecular weight excluding hydrogens is 320 g/mol. The lowest BCUT2D eigenvalue weighted by Crippen LogP contribution is -2.29. The van der Waals surface area contributed by atoms with Crippen LogP contribution in [0.5, 0.6) is 0 Å². The third-order valence-corrected chi connectivity index (χ3v) is 4.03. The molecule has 0 aliphatic rings.